The van der Waals surface area contributed by atoms with Gasteiger partial charge in [-0.05, 0) is 34.7 Å². The van der Waals surface area contributed by atoms with E-state index < -0.39 is 5.97 Å². The first-order valence-electron chi connectivity index (χ1n) is 4.90. The number of rotatable bonds is 3. The summed E-state index contributed by atoms with van der Waals surface area (Å²) in [6, 6.07) is 7.91. The Kier molecular flexibility index (Phi) is 3.46. The second kappa shape index (κ2) is 4.87. The van der Waals surface area contributed by atoms with E-state index in [2.05, 4.69) is 0 Å². The Morgan fingerprint density at radius 2 is 2.12 bits per heavy atom. The maximum absolute atomic E-state index is 13.5. The van der Waals surface area contributed by atoms with Crippen molar-refractivity contribution in [3.8, 4) is 0 Å². The van der Waals surface area contributed by atoms with Gasteiger partial charge in [0.15, 0.2) is 0 Å². The lowest BCUT2D eigenvalue weighted by Crippen LogP contribution is -2.09. The number of aromatic nitrogens is 1. The quantitative estimate of drug-likeness (QED) is 0.870. The van der Waals surface area contributed by atoms with Crippen LogP contribution in [-0.4, -0.2) is 15.6 Å². The zero-order valence-corrected chi connectivity index (χ0v) is 10.9. The molecule has 1 heterocycles. The lowest BCUT2D eigenvalue weighted by Gasteiger charge is -2.07. The number of hydrogen-bond donors (Lipinski definition) is 1. The normalized spacial score (nSPS) is 10.5. The molecule has 17 heavy (non-hydrogen) atoms. The highest BCUT2D eigenvalue weighted by atomic mass is 127. The molecule has 2 rings (SSSR count). The number of aromatic carboxylic acids is 1. The van der Waals surface area contributed by atoms with Gasteiger partial charge in [-0.15, -0.1) is 0 Å². The predicted octanol–water partition coefficient (Wildman–Crippen LogP) is 2.98. The fourth-order valence-corrected chi connectivity index (χ4v) is 2.23. The Labute approximate surface area is 111 Å². The van der Waals surface area contributed by atoms with Crippen LogP contribution in [0, 0.1) is 9.39 Å². The second-order valence-corrected chi connectivity index (χ2v) is 4.81. The molecule has 0 aliphatic rings. The van der Waals surface area contributed by atoms with Crippen LogP contribution in [0.25, 0.3) is 0 Å². The molecule has 5 heteroatoms. The molecule has 0 radical (unpaired) electrons. The Morgan fingerprint density at radius 1 is 1.41 bits per heavy atom. The van der Waals surface area contributed by atoms with E-state index in [1.54, 1.807) is 30.5 Å². The van der Waals surface area contributed by atoms with Crippen molar-refractivity contribution in [1.82, 2.24) is 4.57 Å². The summed E-state index contributed by atoms with van der Waals surface area (Å²) in [6.07, 6.45) is 1.69. The van der Waals surface area contributed by atoms with Gasteiger partial charge in [0.2, 0.25) is 0 Å². The van der Waals surface area contributed by atoms with Crippen molar-refractivity contribution in [2.75, 3.05) is 0 Å². The Hall–Kier alpha value is -1.37. The first-order chi connectivity index (χ1) is 8.08. The SMILES string of the molecule is O=C(O)c1cc(I)cn1Cc1ccccc1F. The lowest BCUT2D eigenvalue weighted by molar-refractivity contribution is 0.0685. The molecule has 0 unspecified atom stereocenters. The summed E-state index contributed by atoms with van der Waals surface area (Å²) in [5.41, 5.74) is 0.639. The molecular weight excluding hydrogens is 336 g/mol. The average Bonchev–Trinajstić information content (AvgIpc) is 2.63. The summed E-state index contributed by atoms with van der Waals surface area (Å²) in [5.74, 6) is -1.34. The number of hydrogen-bond acceptors (Lipinski definition) is 1. The van der Waals surface area contributed by atoms with E-state index in [9.17, 15) is 9.18 Å². The highest BCUT2D eigenvalue weighted by Crippen LogP contribution is 2.15. The molecule has 88 valence electrons. The molecule has 1 aromatic heterocycles. The first-order valence-corrected chi connectivity index (χ1v) is 5.98. The molecule has 3 nitrogen and oxygen atoms in total. The maximum Gasteiger partial charge on any atom is 0.352 e. The van der Waals surface area contributed by atoms with Gasteiger partial charge < -0.3 is 9.67 Å². The molecular formula is C12H9FINO2. The number of carboxylic acids is 1. The van der Waals surface area contributed by atoms with Crippen LogP contribution >= 0.6 is 22.6 Å². The van der Waals surface area contributed by atoms with E-state index in [1.807, 2.05) is 22.6 Å². The molecule has 0 spiro atoms. The van der Waals surface area contributed by atoms with Gasteiger partial charge in [-0.1, -0.05) is 18.2 Å². The van der Waals surface area contributed by atoms with Gasteiger partial charge >= 0.3 is 5.97 Å². The highest BCUT2D eigenvalue weighted by molar-refractivity contribution is 14.1. The third kappa shape index (κ3) is 2.66. The maximum atomic E-state index is 13.5. The van der Waals surface area contributed by atoms with Gasteiger partial charge in [0.25, 0.3) is 0 Å². The second-order valence-electron chi connectivity index (χ2n) is 3.57. The van der Waals surface area contributed by atoms with Crippen LogP contribution in [-0.2, 0) is 6.54 Å². The number of benzene rings is 1. The van der Waals surface area contributed by atoms with Crippen molar-refractivity contribution in [1.29, 1.82) is 0 Å². The van der Waals surface area contributed by atoms with Crippen molar-refractivity contribution < 1.29 is 14.3 Å². The summed E-state index contributed by atoms with van der Waals surface area (Å²) in [5, 5.41) is 9.01. The van der Waals surface area contributed by atoms with Crippen molar-refractivity contribution in [3.63, 3.8) is 0 Å². The van der Waals surface area contributed by atoms with Crippen LogP contribution < -0.4 is 0 Å². The minimum absolute atomic E-state index is 0.164. The zero-order chi connectivity index (χ0) is 12.4. The van der Waals surface area contributed by atoms with Gasteiger partial charge in [-0.25, -0.2) is 9.18 Å². The molecule has 0 saturated carbocycles. The van der Waals surface area contributed by atoms with E-state index in [0.29, 0.717) is 5.56 Å². The van der Waals surface area contributed by atoms with Gasteiger partial charge in [0, 0.05) is 15.3 Å². The van der Waals surface area contributed by atoms with Crippen LogP contribution in [0.1, 0.15) is 16.1 Å². The van der Waals surface area contributed by atoms with Gasteiger partial charge in [-0.3, -0.25) is 0 Å². The Bertz CT molecular complexity index is 565. The zero-order valence-electron chi connectivity index (χ0n) is 8.73. The minimum atomic E-state index is -1.01. The number of carbonyl (C=O) groups is 1. The van der Waals surface area contributed by atoms with E-state index in [0.717, 1.165) is 3.57 Å². The van der Waals surface area contributed by atoms with Gasteiger partial charge in [0.1, 0.15) is 11.5 Å². The molecule has 1 N–H and O–H groups in total. The number of halogens is 2. The molecule has 0 saturated heterocycles. The summed E-state index contributed by atoms with van der Waals surface area (Å²) in [6.45, 7) is 0.220. The molecule has 0 aliphatic heterocycles. The number of nitrogens with zero attached hydrogens (tertiary/aromatic N) is 1. The van der Waals surface area contributed by atoms with Crippen molar-refractivity contribution in [3.05, 3.63) is 57.2 Å². The average molecular weight is 345 g/mol. The smallest absolute Gasteiger partial charge is 0.352 e. The summed E-state index contributed by atoms with van der Waals surface area (Å²) in [7, 11) is 0. The fraction of sp³-hybridized carbons (Fsp3) is 0.0833. The third-order valence-corrected chi connectivity index (χ3v) is 2.97. The first kappa shape index (κ1) is 12.1. The van der Waals surface area contributed by atoms with E-state index >= 15 is 0 Å². The van der Waals surface area contributed by atoms with Crippen LogP contribution in [0.3, 0.4) is 0 Å². The van der Waals surface area contributed by atoms with Gasteiger partial charge in [0.05, 0.1) is 6.54 Å². The van der Waals surface area contributed by atoms with Crippen LogP contribution in [0.4, 0.5) is 4.39 Å². The Morgan fingerprint density at radius 3 is 2.76 bits per heavy atom. The van der Waals surface area contributed by atoms with Crippen LogP contribution in [0.5, 0.6) is 0 Å². The number of carboxylic acid groups (broad SMARTS) is 1. The van der Waals surface area contributed by atoms with Gasteiger partial charge in [-0.2, -0.15) is 0 Å². The van der Waals surface area contributed by atoms with Crippen LogP contribution in [0.15, 0.2) is 36.5 Å². The largest absolute Gasteiger partial charge is 0.477 e. The predicted molar refractivity (Wildman–Crippen MR) is 69.6 cm³/mol. The summed E-state index contributed by atoms with van der Waals surface area (Å²) in [4.78, 5) is 11.0. The minimum Gasteiger partial charge on any atom is -0.477 e. The molecule has 0 amide bonds. The molecule has 2 aromatic rings. The summed E-state index contributed by atoms with van der Waals surface area (Å²) >= 11 is 2.03. The topological polar surface area (TPSA) is 42.2 Å². The molecule has 0 aliphatic carbocycles. The molecule has 0 bridgehead atoms. The standard InChI is InChI=1S/C12H9FINO2/c13-10-4-2-1-3-8(10)6-15-7-9(14)5-11(15)12(16)17/h1-5,7H,6H2,(H,16,17). The lowest BCUT2D eigenvalue weighted by atomic mass is 10.2. The fourth-order valence-electron chi connectivity index (χ4n) is 1.59. The Balaban J connectivity index is 2.36. The van der Waals surface area contributed by atoms with E-state index in [4.69, 9.17) is 5.11 Å². The third-order valence-electron chi connectivity index (χ3n) is 2.38. The monoisotopic (exact) mass is 345 g/mol. The van der Waals surface area contributed by atoms with Crippen molar-refractivity contribution in [2.45, 2.75) is 6.54 Å². The van der Waals surface area contributed by atoms with Crippen LogP contribution in [0.2, 0.25) is 0 Å². The van der Waals surface area contributed by atoms with Crippen molar-refractivity contribution in [2.24, 2.45) is 0 Å². The summed E-state index contributed by atoms with van der Waals surface area (Å²) < 4.78 is 15.8. The van der Waals surface area contributed by atoms with E-state index in [-0.39, 0.29) is 18.1 Å². The highest BCUT2D eigenvalue weighted by Gasteiger charge is 2.12. The van der Waals surface area contributed by atoms with E-state index in [1.165, 1.54) is 10.6 Å². The van der Waals surface area contributed by atoms with Crippen molar-refractivity contribution >= 4 is 28.6 Å². The molecule has 1 aromatic carbocycles. The molecule has 0 fully saturated rings. The molecule has 0 atom stereocenters.